The van der Waals surface area contributed by atoms with Crippen LogP contribution in [0.5, 0.6) is 0 Å². The highest BCUT2D eigenvalue weighted by Gasteiger charge is 2.12. The van der Waals surface area contributed by atoms with Crippen LogP contribution in [0.25, 0.3) is 28.2 Å². The molecule has 0 atom stereocenters. The predicted molar refractivity (Wildman–Crippen MR) is 133 cm³/mol. The number of hydrogen-bond donors (Lipinski definition) is 2. The summed E-state index contributed by atoms with van der Waals surface area (Å²) in [7, 11) is 0. The summed E-state index contributed by atoms with van der Waals surface area (Å²) in [6.45, 7) is 1.94. The van der Waals surface area contributed by atoms with Crippen molar-refractivity contribution in [2.24, 2.45) is 0 Å². The van der Waals surface area contributed by atoms with Crippen molar-refractivity contribution in [2.75, 3.05) is 5.32 Å². The molecule has 166 valence electrons. The lowest BCUT2D eigenvalue weighted by atomic mass is 10.1. The monoisotopic (exact) mass is 509 g/mol. The molecule has 0 fully saturated rings. The number of nitrogens with zero attached hydrogens (tertiary/aromatic N) is 5. The Morgan fingerprint density at radius 2 is 1.81 bits per heavy atom. The number of amides is 1. The molecule has 2 N–H and O–H groups in total. The number of nitrogens with one attached hydrogen (secondary N) is 2. The molecule has 0 aliphatic carbocycles. The predicted octanol–water partition coefficient (Wildman–Crippen LogP) is 5.07. The van der Waals surface area contributed by atoms with E-state index in [0.717, 1.165) is 33.0 Å². The van der Waals surface area contributed by atoms with Crippen molar-refractivity contribution in [3.05, 3.63) is 71.9 Å². The molecule has 5 aromatic heterocycles. The maximum atomic E-state index is 12.4. The van der Waals surface area contributed by atoms with E-state index in [0.29, 0.717) is 10.7 Å². The first-order chi connectivity index (χ1) is 14.2. The van der Waals surface area contributed by atoms with Crippen LogP contribution in [0.3, 0.4) is 0 Å². The quantitative estimate of drug-likeness (QED) is 0.351. The zero-order valence-electron chi connectivity index (χ0n) is 16.6. The number of carbonyl (C=O) groups is 1. The van der Waals surface area contributed by atoms with Crippen LogP contribution in [-0.2, 0) is 0 Å². The molecule has 0 radical (unpaired) electrons. The maximum Gasteiger partial charge on any atom is 0.259 e. The van der Waals surface area contributed by atoms with Crippen molar-refractivity contribution in [1.82, 2.24) is 29.5 Å². The van der Waals surface area contributed by atoms with Gasteiger partial charge >= 0.3 is 0 Å². The number of fused-ring (bicyclic) bond motifs is 1. The second-order valence-electron chi connectivity index (χ2n) is 6.44. The fourth-order valence-electron chi connectivity index (χ4n) is 3.01. The smallest absolute Gasteiger partial charge is 0.259 e. The van der Waals surface area contributed by atoms with E-state index in [-0.39, 0.29) is 43.1 Å². The zero-order valence-corrected chi connectivity index (χ0v) is 19.8. The van der Waals surface area contributed by atoms with Gasteiger partial charge in [0.25, 0.3) is 5.91 Å². The number of anilines is 1. The Kier molecular flexibility index (Phi) is 8.34. The molecule has 5 rings (SSSR count). The van der Waals surface area contributed by atoms with Crippen molar-refractivity contribution >= 4 is 65.2 Å². The van der Waals surface area contributed by atoms with Gasteiger partial charge in [-0.2, -0.15) is 5.10 Å². The Labute approximate surface area is 205 Å². The molecule has 0 unspecified atom stereocenters. The molecule has 0 spiro atoms. The minimum atomic E-state index is -0.237. The first-order valence-electron chi connectivity index (χ1n) is 8.84. The normalized spacial score (nSPS) is 10.0. The Balaban J connectivity index is 0.00000121. The molecule has 8 nitrogen and oxygen atoms in total. The lowest BCUT2D eigenvalue weighted by molar-refractivity contribution is 0.102. The van der Waals surface area contributed by atoms with Crippen molar-refractivity contribution < 1.29 is 4.79 Å². The molecular formula is C20H18Cl3N7OS. The molecule has 5 aromatic rings. The molecule has 0 saturated carbocycles. The van der Waals surface area contributed by atoms with Gasteiger partial charge in [-0.15, -0.1) is 48.6 Å². The second kappa shape index (κ2) is 10.6. The largest absolute Gasteiger partial charge is 0.298 e. The summed E-state index contributed by atoms with van der Waals surface area (Å²) < 4.78 is 1.97. The Morgan fingerprint density at radius 3 is 2.47 bits per heavy atom. The third kappa shape index (κ3) is 4.91. The standard InChI is InChI=1S/C20H15N7OS.3ClH/c1-12-6-23-20(29-12)26-19(28)13-2-4-16(21-7-13)17-10-22-18-5-3-14(11-27(17)18)15-8-24-25-9-15;;;/h2-11H,1H3,(H,24,25)(H,23,26,28);3*1H. The average molecular weight is 511 g/mol. The summed E-state index contributed by atoms with van der Waals surface area (Å²) in [6, 6.07) is 7.51. The fourth-order valence-corrected chi connectivity index (χ4v) is 3.67. The Bertz CT molecular complexity index is 1320. The molecule has 32 heavy (non-hydrogen) atoms. The van der Waals surface area contributed by atoms with Gasteiger partial charge < -0.3 is 0 Å². The number of imidazole rings is 1. The van der Waals surface area contributed by atoms with Crippen molar-refractivity contribution in [2.45, 2.75) is 6.92 Å². The van der Waals surface area contributed by atoms with E-state index < -0.39 is 0 Å². The molecule has 1 amide bonds. The number of aromatic nitrogens is 6. The maximum absolute atomic E-state index is 12.4. The van der Waals surface area contributed by atoms with E-state index >= 15 is 0 Å². The van der Waals surface area contributed by atoms with Crippen LogP contribution in [0.4, 0.5) is 5.13 Å². The van der Waals surface area contributed by atoms with Crippen LogP contribution in [0.2, 0.25) is 0 Å². The number of aromatic amines is 1. The minimum Gasteiger partial charge on any atom is -0.298 e. The first-order valence-corrected chi connectivity index (χ1v) is 9.65. The molecular weight excluding hydrogens is 493 g/mol. The van der Waals surface area contributed by atoms with Crippen molar-refractivity contribution in [3.8, 4) is 22.5 Å². The van der Waals surface area contributed by atoms with Gasteiger partial charge in [-0.1, -0.05) is 0 Å². The number of rotatable bonds is 4. The number of thiazole rings is 1. The second-order valence-corrected chi connectivity index (χ2v) is 7.67. The van der Waals surface area contributed by atoms with Gasteiger partial charge in [-0.3, -0.25) is 24.6 Å². The van der Waals surface area contributed by atoms with Crippen LogP contribution < -0.4 is 5.32 Å². The highest BCUT2D eigenvalue weighted by molar-refractivity contribution is 7.15. The van der Waals surface area contributed by atoms with E-state index in [9.17, 15) is 4.79 Å². The van der Waals surface area contributed by atoms with Gasteiger partial charge in [0, 0.05) is 40.8 Å². The summed E-state index contributed by atoms with van der Waals surface area (Å²) >= 11 is 1.43. The lowest BCUT2D eigenvalue weighted by Crippen LogP contribution is -2.11. The molecule has 12 heteroatoms. The van der Waals surface area contributed by atoms with E-state index in [1.807, 2.05) is 41.9 Å². The molecule has 0 bridgehead atoms. The van der Waals surface area contributed by atoms with Gasteiger partial charge in [-0.05, 0) is 31.2 Å². The highest BCUT2D eigenvalue weighted by atomic mass is 35.5. The lowest BCUT2D eigenvalue weighted by Gasteiger charge is -2.05. The minimum absolute atomic E-state index is 0. The number of carbonyl (C=O) groups excluding carboxylic acids is 1. The van der Waals surface area contributed by atoms with Gasteiger partial charge in [0.1, 0.15) is 5.65 Å². The molecule has 0 saturated heterocycles. The van der Waals surface area contributed by atoms with E-state index in [4.69, 9.17) is 0 Å². The number of H-pyrrole nitrogens is 1. The number of aryl methyl sites for hydroxylation is 1. The van der Waals surface area contributed by atoms with Gasteiger partial charge in [0.15, 0.2) is 5.13 Å². The van der Waals surface area contributed by atoms with Crippen LogP contribution in [0, 0.1) is 6.92 Å². The first kappa shape index (κ1) is 25.3. The van der Waals surface area contributed by atoms with Gasteiger partial charge in [0.05, 0.1) is 29.3 Å². The number of hydrogen-bond acceptors (Lipinski definition) is 6. The summed E-state index contributed by atoms with van der Waals surface area (Å²) in [6.07, 6.45) is 10.7. The van der Waals surface area contributed by atoms with Crippen molar-refractivity contribution in [3.63, 3.8) is 0 Å². The third-order valence-corrected chi connectivity index (χ3v) is 5.30. The Morgan fingerprint density at radius 1 is 0.969 bits per heavy atom. The van der Waals surface area contributed by atoms with E-state index in [1.165, 1.54) is 11.3 Å². The summed E-state index contributed by atoms with van der Waals surface area (Å²) in [4.78, 5) is 26.5. The van der Waals surface area contributed by atoms with E-state index in [2.05, 4.69) is 30.5 Å². The summed E-state index contributed by atoms with van der Waals surface area (Å²) in [5.41, 5.74) is 4.85. The fraction of sp³-hybridized carbons (Fsp3) is 0.0500. The topological polar surface area (TPSA) is 101 Å². The number of pyridine rings is 2. The highest BCUT2D eigenvalue weighted by Crippen LogP contribution is 2.24. The molecule has 0 aliphatic heterocycles. The average Bonchev–Trinajstić information content (AvgIpc) is 3.48. The van der Waals surface area contributed by atoms with E-state index in [1.54, 1.807) is 30.9 Å². The SMILES string of the molecule is Cc1cnc(NC(=O)c2ccc(-c3cnc4ccc(-c5cn[nH]c5)cn34)nc2)s1.Cl.Cl.Cl. The van der Waals surface area contributed by atoms with Crippen molar-refractivity contribution in [1.29, 1.82) is 0 Å². The third-order valence-electron chi connectivity index (χ3n) is 4.47. The van der Waals surface area contributed by atoms with Crippen LogP contribution >= 0.6 is 48.6 Å². The molecule has 0 aromatic carbocycles. The van der Waals surface area contributed by atoms with Gasteiger partial charge in [-0.25, -0.2) is 9.97 Å². The summed E-state index contributed by atoms with van der Waals surface area (Å²) in [5.74, 6) is -0.237. The molecule has 0 aliphatic rings. The number of halogens is 3. The van der Waals surface area contributed by atoms with Gasteiger partial charge in [0.2, 0.25) is 0 Å². The molecule has 5 heterocycles. The summed E-state index contributed by atoms with van der Waals surface area (Å²) in [5, 5.41) is 10.2. The van der Waals surface area contributed by atoms with Crippen LogP contribution in [-0.4, -0.2) is 35.5 Å². The van der Waals surface area contributed by atoms with Crippen LogP contribution in [0.1, 0.15) is 15.2 Å². The Hall–Kier alpha value is -2.98. The van der Waals surface area contributed by atoms with Crippen LogP contribution in [0.15, 0.2) is 61.4 Å². The zero-order chi connectivity index (χ0) is 19.8.